The molecule has 96 valence electrons. The van der Waals surface area contributed by atoms with Crippen molar-refractivity contribution < 1.29 is 0 Å². The largest absolute Gasteiger partial charge is 0.312 e. The van der Waals surface area contributed by atoms with E-state index in [1.165, 1.54) is 15.8 Å². The van der Waals surface area contributed by atoms with Crippen molar-refractivity contribution in [1.29, 1.82) is 0 Å². The van der Waals surface area contributed by atoms with E-state index in [-0.39, 0.29) is 0 Å². The molecule has 1 unspecified atom stereocenters. The van der Waals surface area contributed by atoms with Crippen LogP contribution in [0.25, 0.3) is 10.9 Å². The summed E-state index contributed by atoms with van der Waals surface area (Å²) in [5.74, 6) is 0. The highest BCUT2D eigenvalue weighted by atomic mass is 32.1. The van der Waals surface area contributed by atoms with Gasteiger partial charge in [-0.2, -0.15) is 0 Å². The normalized spacial score (nSPS) is 12.7. The van der Waals surface area contributed by atoms with E-state index in [9.17, 15) is 0 Å². The van der Waals surface area contributed by atoms with Crippen LogP contribution < -0.4 is 5.32 Å². The molecule has 1 aromatic carbocycles. The van der Waals surface area contributed by atoms with E-state index < -0.39 is 0 Å². The molecule has 19 heavy (non-hydrogen) atoms. The third-order valence-electron chi connectivity index (χ3n) is 3.40. The molecule has 2 nitrogen and oxygen atoms in total. The number of fused-ring (bicyclic) bond motifs is 1. The summed E-state index contributed by atoms with van der Waals surface area (Å²) in [6.45, 7) is 0. The summed E-state index contributed by atoms with van der Waals surface area (Å²) in [7, 11) is 2.02. The van der Waals surface area contributed by atoms with Gasteiger partial charge in [-0.25, -0.2) is 0 Å². The van der Waals surface area contributed by atoms with Gasteiger partial charge in [0.25, 0.3) is 0 Å². The number of nitrogens with one attached hydrogen (secondary N) is 1. The Morgan fingerprint density at radius 2 is 2.05 bits per heavy atom. The van der Waals surface area contributed by atoms with Crippen molar-refractivity contribution in [2.45, 2.75) is 12.5 Å². The van der Waals surface area contributed by atoms with Crippen molar-refractivity contribution in [3.8, 4) is 0 Å². The molecule has 2 heterocycles. The first-order valence-corrected chi connectivity index (χ1v) is 7.30. The number of thiophene rings is 1. The van der Waals surface area contributed by atoms with Crippen LogP contribution >= 0.6 is 11.3 Å². The van der Waals surface area contributed by atoms with E-state index in [0.29, 0.717) is 6.04 Å². The third-order valence-corrected chi connectivity index (χ3v) is 4.38. The maximum Gasteiger partial charge on any atom is 0.0704 e. The summed E-state index contributed by atoms with van der Waals surface area (Å²) in [5, 5.41) is 6.79. The smallest absolute Gasteiger partial charge is 0.0704 e. The van der Waals surface area contributed by atoms with Crippen LogP contribution in [0, 0.1) is 0 Å². The molecule has 0 aliphatic carbocycles. The SMILES string of the molecule is CNC(Cc1ccnc2ccccc12)c1cccs1. The second-order valence-corrected chi connectivity index (χ2v) is 5.53. The first-order chi connectivity index (χ1) is 9.38. The van der Waals surface area contributed by atoms with Gasteiger partial charge in [-0.15, -0.1) is 11.3 Å². The maximum atomic E-state index is 4.42. The van der Waals surface area contributed by atoms with Crippen molar-refractivity contribution in [3.05, 3.63) is 64.5 Å². The third kappa shape index (κ3) is 2.53. The van der Waals surface area contributed by atoms with E-state index in [1.54, 1.807) is 11.3 Å². The Labute approximate surface area is 117 Å². The number of benzene rings is 1. The van der Waals surface area contributed by atoms with Crippen molar-refractivity contribution in [1.82, 2.24) is 10.3 Å². The number of hydrogen-bond donors (Lipinski definition) is 1. The Kier molecular flexibility index (Phi) is 3.58. The van der Waals surface area contributed by atoms with Crippen molar-refractivity contribution in [2.24, 2.45) is 0 Å². The van der Waals surface area contributed by atoms with Crippen molar-refractivity contribution in [2.75, 3.05) is 7.05 Å². The van der Waals surface area contributed by atoms with E-state index in [2.05, 4.69) is 52.1 Å². The molecule has 3 aromatic rings. The molecule has 0 saturated carbocycles. The van der Waals surface area contributed by atoms with Gasteiger partial charge in [0.2, 0.25) is 0 Å². The molecular weight excluding hydrogens is 252 g/mol. The molecule has 0 fully saturated rings. The van der Waals surface area contributed by atoms with Crippen LogP contribution in [0.3, 0.4) is 0 Å². The molecule has 1 atom stereocenters. The van der Waals surface area contributed by atoms with Gasteiger partial charge in [-0.1, -0.05) is 24.3 Å². The standard InChI is InChI=1S/C16H16N2S/c1-17-15(16-7-4-10-19-16)11-12-8-9-18-14-6-3-2-5-13(12)14/h2-10,15,17H,11H2,1H3. The zero-order valence-corrected chi connectivity index (χ0v) is 11.7. The molecule has 3 heteroatoms. The van der Waals surface area contributed by atoms with Crippen LogP contribution in [-0.4, -0.2) is 12.0 Å². The highest BCUT2D eigenvalue weighted by Gasteiger charge is 2.12. The lowest BCUT2D eigenvalue weighted by Gasteiger charge is -2.15. The highest BCUT2D eigenvalue weighted by Crippen LogP contribution is 2.25. The average Bonchev–Trinajstić information content (AvgIpc) is 2.99. The minimum absolute atomic E-state index is 0.366. The summed E-state index contributed by atoms with van der Waals surface area (Å²) in [5.41, 5.74) is 2.42. The fourth-order valence-electron chi connectivity index (χ4n) is 2.39. The lowest BCUT2D eigenvalue weighted by atomic mass is 10.0. The van der Waals surface area contributed by atoms with E-state index in [4.69, 9.17) is 0 Å². The number of rotatable bonds is 4. The quantitative estimate of drug-likeness (QED) is 0.778. The second kappa shape index (κ2) is 5.51. The number of likely N-dealkylation sites (N-methyl/N-ethyl adjacent to an activating group) is 1. The average molecular weight is 268 g/mol. The summed E-state index contributed by atoms with van der Waals surface area (Å²) < 4.78 is 0. The van der Waals surface area contributed by atoms with Crippen LogP contribution in [0.2, 0.25) is 0 Å². The van der Waals surface area contributed by atoms with Gasteiger partial charge in [-0.05, 0) is 42.6 Å². The first kappa shape index (κ1) is 12.3. The number of hydrogen-bond acceptors (Lipinski definition) is 3. The molecule has 0 aliphatic rings. The summed E-state index contributed by atoms with van der Waals surface area (Å²) in [6.07, 6.45) is 2.89. The molecule has 1 N–H and O–H groups in total. The molecule has 0 bridgehead atoms. The van der Waals surface area contributed by atoms with Gasteiger partial charge >= 0.3 is 0 Å². The molecule has 0 radical (unpaired) electrons. The molecular formula is C16H16N2S. The lowest BCUT2D eigenvalue weighted by molar-refractivity contribution is 0.604. The zero-order chi connectivity index (χ0) is 13.1. The van der Waals surface area contributed by atoms with Crippen molar-refractivity contribution in [3.63, 3.8) is 0 Å². The predicted octanol–water partition coefficient (Wildman–Crippen LogP) is 3.80. The molecule has 0 amide bonds. The number of para-hydroxylation sites is 1. The van der Waals surface area contributed by atoms with Gasteiger partial charge < -0.3 is 5.32 Å². The fourth-order valence-corrected chi connectivity index (χ4v) is 3.22. The molecule has 2 aromatic heterocycles. The molecule has 3 rings (SSSR count). The number of aromatic nitrogens is 1. The van der Waals surface area contributed by atoms with Gasteiger partial charge in [0, 0.05) is 22.5 Å². The predicted molar refractivity (Wildman–Crippen MR) is 81.6 cm³/mol. The Bertz CT molecular complexity index is 656. The highest BCUT2D eigenvalue weighted by molar-refractivity contribution is 7.10. The van der Waals surface area contributed by atoms with E-state index >= 15 is 0 Å². The van der Waals surface area contributed by atoms with Gasteiger partial charge in [0.15, 0.2) is 0 Å². The maximum absolute atomic E-state index is 4.42. The van der Waals surface area contributed by atoms with Crippen LogP contribution in [0.5, 0.6) is 0 Å². The van der Waals surface area contributed by atoms with Crippen molar-refractivity contribution >= 4 is 22.2 Å². The topological polar surface area (TPSA) is 24.9 Å². The van der Waals surface area contributed by atoms with Crippen LogP contribution in [0.15, 0.2) is 54.0 Å². The minimum Gasteiger partial charge on any atom is -0.312 e. The van der Waals surface area contributed by atoms with Crippen LogP contribution in [0.4, 0.5) is 0 Å². The Morgan fingerprint density at radius 1 is 1.16 bits per heavy atom. The Morgan fingerprint density at radius 3 is 2.84 bits per heavy atom. The van der Waals surface area contributed by atoms with E-state index in [0.717, 1.165) is 11.9 Å². The Balaban J connectivity index is 1.96. The summed E-state index contributed by atoms with van der Waals surface area (Å²) in [4.78, 5) is 5.80. The van der Waals surface area contributed by atoms with E-state index in [1.807, 2.05) is 19.3 Å². The lowest BCUT2D eigenvalue weighted by Crippen LogP contribution is -2.17. The number of pyridine rings is 1. The van der Waals surface area contributed by atoms with Crippen LogP contribution in [-0.2, 0) is 6.42 Å². The summed E-state index contributed by atoms with van der Waals surface area (Å²) in [6, 6.07) is 15.1. The first-order valence-electron chi connectivity index (χ1n) is 6.42. The minimum atomic E-state index is 0.366. The fraction of sp³-hybridized carbons (Fsp3) is 0.188. The number of nitrogens with zero attached hydrogens (tertiary/aromatic N) is 1. The molecule has 0 saturated heterocycles. The monoisotopic (exact) mass is 268 g/mol. The molecule has 0 spiro atoms. The summed E-state index contributed by atoms with van der Waals surface area (Å²) >= 11 is 1.80. The van der Waals surface area contributed by atoms with Crippen LogP contribution in [0.1, 0.15) is 16.5 Å². The zero-order valence-electron chi connectivity index (χ0n) is 10.8. The second-order valence-electron chi connectivity index (χ2n) is 4.55. The van der Waals surface area contributed by atoms with Gasteiger partial charge in [-0.3, -0.25) is 4.98 Å². The van der Waals surface area contributed by atoms with Gasteiger partial charge in [0.05, 0.1) is 5.52 Å². The van der Waals surface area contributed by atoms with Gasteiger partial charge in [0.1, 0.15) is 0 Å². The Hall–Kier alpha value is -1.71. The molecule has 0 aliphatic heterocycles.